The second-order valence-corrected chi connectivity index (χ2v) is 4.39. The van der Waals surface area contributed by atoms with Gasteiger partial charge in [0, 0.05) is 0 Å². The van der Waals surface area contributed by atoms with E-state index in [-0.39, 0.29) is 18.7 Å². The maximum absolute atomic E-state index is 12.7. The van der Waals surface area contributed by atoms with Gasteiger partial charge in [-0.3, -0.25) is 0 Å². The lowest BCUT2D eigenvalue weighted by Gasteiger charge is -2.16. The van der Waals surface area contributed by atoms with Crippen molar-refractivity contribution in [2.75, 3.05) is 6.61 Å². The zero-order valence-corrected chi connectivity index (χ0v) is 11.3. The standard InChI is InChI=1S/C12H9ClF6O2/c1-2-3-21-10(20)6-4-7(11(14,15)16)9(13)8(5-6)12(17,18)19/h4-5H,2-3H2,1H3. The second-order valence-electron chi connectivity index (χ2n) is 4.02. The number of alkyl halides is 6. The summed E-state index contributed by atoms with van der Waals surface area (Å²) in [5, 5.41) is -1.50. The Bertz CT molecular complexity index is 501. The zero-order valence-electron chi connectivity index (χ0n) is 10.5. The van der Waals surface area contributed by atoms with Gasteiger partial charge in [-0.25, -0.2) is 4.79 Å². The van der Waals surface area contributed by atoms with Crippen LogP contribution in [0.2, 0.25) is 5.02 Å². The third-order valence-corrected chi connectivity index (χ3v) is 2.76. The molecule has 0 saturated heterocycles. The molecular weight excluding hydrogens is 326 g/mol. The van der Waals surface area contributed by atoms with Gasteiger partial charge in [0.25, 0.3) is 0 Å². The molecule has 0 heterocycles. The maximum atomic E-state index is 12.7. The number of esters is 1. The van der Waals surface area contributed by atoms with E-state index in [1.165, 1.54) is 0 Å². The first-order valence-electron chi connectivity index (χ1n) is 5.63. The Kier molecular flexibility index (Phi) is 5.14. The summed E-state index contributed by atoms with van der Waals surface area (Å²) in [5.74, 6) is -1.27. The molecule has 0 radical (unpaired) electrons. The fourth-order valence-electron chi connectivity index (χ4n) is 1.43. The second kappa shape index (κ2) is 6.13. The van der Waals surface area contributed by atoms with Crippen LogP contribution in [0.25, 0.3) is 0 Å². The van der Waals surface area contributed by atoms with Crippen LogP contribution in [0.3, 0.4) is 0 Å². The van der Waals surface area contributed by atoms with E-state index in [0.717, 1.165) is 0 Å². The quantitative estimate of drug-likeness (QED) is 0.578. The Morgan fingerprint density at radius 2 is 1.52 bits per heavy atom. The molecular formula is C12H9ClF6O2. The minimum atomic E-state index is -5.13. The fourth-order valence-corrected chi connectivity index (χ4v) is 1.76. The fraction of sp³-hybridized carbons (Fsp3) is 0.417. The lowest BCUT2D eigenvalue weighted by molar-refractivity contribution is -0.142. The molecule has 21 heavy (non-hydrogen) atoms. The number of benzene rings is 1. The van der Waals surface area contributed by atoms with Gasteiger partial charge in [-0.1, -0.05) is 18.5 Å². The van der Waals surface area contributed by atoms with E-state index in [1.807, 2.05) is 0 Å². The summed E-state index contributed by atoms with van der Waals surface area (Å²) in [6.07, 6.45) is -9.88. The summed E-state index contributed by atoms with van der Waals surface area (Å²) in [6.45, 7) is 1.50. The van der Waals surface area contributed by atoms with Crippen LogP contribution in [-0.2, 0) is 17.1 Å². The highest BCUT2D eigenvalue weighted by molar-refractivity contribution is 6.32. The first-order valence-corrected chi connectivity index (χ1v) is 6.01. The molecule has 1 aromatic carbocycles. The van der Waals surface area contributed by atoms with Crippen molar-refractivity contribution < 1.29 is 35.9 Å². The summed E-state index contributed by atoms with van der Waals surface area (Å²) in [7, 11) is 0. The molecule has 1 rings (SSSR count). The average molecular weight is 335 g/mol. The van der Waals surface area contributed by atoms with Crippen molar-refractivity contribution in [3.8, 4) is 0 Å². The zero-order chi connectivity index (χ0) is 16.4. The lowest BCUT2D eigenvalue weighted by Crippen LogP contribution is -2.16. The van der Waals surface area contributed by atoms with Crippen molar-refractivity contribution in [2.45, 2.75) is 25.7 Å². The Labute approximate surface area is 120 Å². The number of carbonyl (C=O) groups is 1. The van der Waals surface area contributed by atoms with Crippen LogP contribution in [-0.4, -0.2) is 12.6 Å². The molecule has 0 aliphatic carbocycles. The number of hydrogen-bond acceptors (Lipinski definition) is 2. The molecule has 0 amide bonds. The minimum absolute atomic E-state index is 0.121. The van der Waals surface area contributed by atoms with Crippen LogP contribution in [0.5, 0.6) is 0 Å². The van der Waals surface area contributed by atoms with Gasteiger partial charge >= 0.3 is 18.3 Å². The van der Waals surface area contributed by atoms with E-state index in [0.29, 0.717) is 6.42 Å². The van der Waals surface area contributed by atoms with Crippen molar-refractivity contribution in [3.05, 3.63) is 33.8 Å². The number of halogens is 7. The normalized spacial score (nSPS) is 12.4. The van der Waals surface area contributed by atoms with Gasteiger partial charge in [0.05, 0.1) is 28.3 Å². The van der Waals surface area contributed by atoms with E-state index < -0.39 is 40.0 Å². The molecule has 0 bridgehead atoms. The van der Waals surface area contributed by atoms with Gasteiger partial charge in [0.2, 0.25) is 0 Å². The Morgan fingerprint density at radius 3 is 1.86 bits per heavy atom. The van der Waals surface area contributed by atoms with E-state index in [2.05, 4.69) is 4.74 Å². The van der Waals surface area contributed by atoms with Crippen LogP contribution in [0.1, 0.15) is 34.8 Å². The molecule has 0 aliphatic rings. The Hall–Kier alpha value is -1.44. The summed E-state index contributed by atoms with van der Waals surface area (Å²) < 4.78 is 80.8. The van der Waals surface area contributed by atoms with Crippen molar-refractivity contribution in [1.29, 1.82) is 0 Å². The molecule has 0 fully saturated rings. The predicted molar refractivity (Wildman–Crippen MR) is 62.0 cm³/mol. The van der Waals surface area contributed by atoms with Crippen LogP contribution in [0.15, 0.2) is 12.1 Å². The molecule has 1 aromatic rings. The van der Waals surface area contributed by atoms with Crippen LogP contribution >= 0.6 is 11.6 Å². The Balaban J connectivity index is 3.44. The molecule has 0 spiro atoms. The third-order valence-electron chi connectivity index (χ3n) is 2.36. The summed E-state index contributed by atoms with van der Waals surface area (Å²) in [5.41, 5.74) is -4.32. The number of rotatable bonds is 3. The smallest absolute Gasteiger partial charge is 0.417 e. The van der Waals surface area contributed by atoms with Crippen molar-refractivity contribution >= 4 is 17.6 Å². The summed E-state index contributed by atoms with van der Waals surface area (Å²) in [4.78, 5) is 11.5. The molecule has 0 saturated carbocycles. The Morgan fingerprint density at radius 1 is 1.10 bits per heavy atom. The largest absolute Gasteiger partial charge is 0.462 e. The molecule has 0 unspecified atom stereocenters. The first kappa shape index (κ1) is 17.6. The van der Waals surface area contributed by atoms with Gasteiger partial charge in [0.15, 0.2) is 0 Å². The number of carbonyl (C=O) groups excluding carboxylic acids is 1. The van der Waals surface area contributed by atoms with E-state index >= 15 is 0 Å². The number of hydrogen-bond donors (Lipinski definition) is 0. The predicted octanol–water partition coefficient (Wildman–Crippen LogP) is 4.94. The lowest BCUT2D eigenvalue weighted by atomic mass is 10.0. The highest BCUT2D eigenvalue weighted by Gasteiger charge is 2.41. The molecule has 2 nitrogen and oxygen atoms in total. The average Bonchev–Trinajstić information content (AvgIpc) is 2.33. The van der Waals surface area contributed by atoms with Gasteiger partial charge in [-0.05, 0) is 18.6 Å². The molecule has 0 aliphatic heterocycles. The van der Waals surface area contributed by atoms with E-state index in [1.54, 1.807) is 6.92 Å². The maximum Gasteiger partial charge on any atom is 0.417 e. The van der Waals surface area contributed by atoms with Gasteiger partial charge in [-0.15, -0.1) is 0 Å². The number of ether oxygens (including phenoxy) is 1. The highest BCUT2D eigenvalue weighted by Crippen LogP contribution is 2.43. The third kappa shape index (κ3) is 4.26. The summed E-state index contributed by atoms with van der Waals surface area (Å²) in [6, 6.07) is 0.491. The van der Waals surface area contributed by atoms with E-state index in [9.17, 15) is 31.1 Å². The molecule has 0 aromatic heterocycles. The van der Waals surface area contributed by atoms with Crippen LogP contribution < -0.4 is 0 Å². The van der Waals surface area contributed by atoms with Crippen LogP contribution in [0.4, 0.5) is 26.3 Å². The summed E-state index contributed by atoms with van der Waals surface area (Å²) >= 11 is 5.17. The van der Waals surface area contributed by atoms with Gasteiger partial charge < -0.3 is 4.74 Å². The topological polar surface area (TPSA) is 26.3 Å². The molecule has 118 valence electrons. The molecule has 9 heteroatoms. The van der Waals surface area contributed by atoms with Crippen molar-refractivity contribution in [1.82, 2.24) is 0 Å². The van der Waals surface area contributed by atoms with E-state index in [4.69, 9.17) is 11.6 Å². The SMILES string of the molecule is CCCOC(=O)c1cc(C(F)(F)F)c(Cl)c(C(F)(F)F)c1. The molecule has 0 atom stereocenters. The highest BCUT2D eigenvalue weighted by atomic mass is 35.5. The van der Waals surface area contributed by atoms with Crippen LogP contribution in [0, 0.1) is 0 Å². The monoisotopic (exact) mass is 334 g/mol. The first-order chi connectivity index (χ1) is 9.48. The van der Waals surface area contributed by atoms with Gasteiger partial charge in [0.1, 0.15) is 0 Å². The van der Waals surface area contributed by atoms with Crippen molar-refractivity contribution in [3.63, 3.8) is 0 Å². The van der Waals surface area contributed by atoms with Crippen molar-refractivity contribution in [2.24, 2.45) is 0 Å². The van der Waals surface area contributed by atoms with Gasteiger partial charge in [-0.2, -0.15) is 26.3 Å². The molecule has 0 N–H and O–H groups in total. The minimum Gasteiger partial charge on any atom is -0.462 e.